The van der Waals surface area contributed by atoms with Gasteiger partial charge in [0.1, 0.15) is 12.4 Å². The van der Waals surface area contributed by atoms with Crippen molar-refractivity contribution in [1.82, 2.24) is 20.2 Å². The number of aryl methyl sites for hydroxylation is 1. The van der Waals surface area contributed by atoms with Crippen LogP contribution in [0.2, 0.25) is 5.02 Å². The van der Waals surface area contributed by atoms with Gasteiger partial charge in [0.05, 0.1) is 6.54 Å². The standard InChI is InChI=1S/C19H20ClN5O/c1-3-10-25-19(22-23-24-25)21-12-16-11-17(20)8-9-18(16)26-13-15-7-5-4-6-14(15)2/h3-9,11H,1,10,12-13H2,2H3,(H,21,22,24). The van der Waals surface area contributed by atoms with Crippen LogP contribution in [0.3, 0.4) is 0 Å². The van der Waals surface area contributed by atoms with Gasteiger partial charge in [0.25, 0.3) is 0 Å². The Morgan fingerprint density at radius 2 is 2.08 bits per heavy atom. The second-order valence-corrected chi connectivity index (χ2v) is 6.23. The van der Waals surface area contributed by atoms with Crippen LogP contribution in [0.4, 0.5) is 5.95 Å². The number of aromatic nitrogens is 4. The highest BCUT2D eigenvalue weighted by Gasteiger charge is 2.09. The maximum atomic E-state index is 6.16. The zero-order valence-corrected chi connectivity index (χ0v) is 15.3. The number of hydrogen-bond acceptors (Lipinski definition) is 5. The largest absolute Gasteiger partial charge is 0.489 e. The van der Waals surface area contributed by atoms with E-state index in [-0.39, 0.29) is 0 Å². The fourth-order valence-corrected chi connectivity index (χ4v) is 2.70. The van der Waals surface area contributed by atoms with E-state index in [0.717, 1.165) is 16.9 Å². The van der Waals surface area contributed by atoms with E-state index in [2.05, 4.69) is 46.5 Å². The number of tetrazole rings is 1. The SMILES string of the molecule is C=CCn1nnnc1NCc1cc(Cl)ccc1OCc1ccccc1C. The van der Waals surface area contributed by atoms with Gasteiger partial charge in [-0.2, -0.15) is 0 Å². The average Bonchev–Trinajstić information content (AvgIpc) is 3.08. The number of benzene rings is 2. The molecule has 3 rings (SSSR count). The molecule has 0 spiro atoms. The smallest absolute Gasteiger partial charge is 0.243 e. The summed E-state index contributed by atoms with van der Waals surface area (Å²) >= 11 is 6.16. The quantitative estimate of drug-likeness (QED) is 0.608. The highest BCUT2D eigenvalue weighted by atomic mass is 35.5. The van der Waals surface area contributed by atoms with Gasteiger partial charge < -0.3 is 10.1 Å². The summed E-state index contributed by atoms with van der Waals surface area (Å²) in [6.45, 7) is 7.28. The first kappa shape index (κ1) is 17.9. The summed E-state index contributed by atoms with van der Waals surface area (Å²) in [5.41, 5.74) is 3.28. The number of nitrogens with one attached hydrogen (secondary N) is 1. The summed E-state index contributed by atoms with van der Waals surface area (Å²) in [6.07, 6.45) is 1.73. The van der Waals surface area contributed by atoms with Crippen LogP contribution >= 0.6 is 11.6 Å². The number of nitrogens with zero attached hydrogens (tertiary/aromatic N) is 4. The summed E-state index contributed by atoms with van der Waals surface area (Å²) in [6, 6.07) is 13.7. The van der Waals surface area contributed by atoms with E-state index >= 15 is 0 Å². The van der Waals surface area contributed by atoms with Gasteiger partial charge in [-0.25, -0.2) is 4.68 Å². The highest BCUT2D eigenvalue weighted by molar-refractivity contribution is 6.30. The molecule has 1 heterocycles. The Morgan fingerprint density at radius 1 is 1.23 bits per heavy atom. The van der Waals surface area contributed by atoms with Crippen LogP contribution in [-0.4, -0.2) is 20.2 Å². The maximum Gasteiger partial charge on any atom is 0.243 e. The van der Waals surface area contributed by atoms with Crippen molar-refractivity contribution in [2.75, 3.05) is 5.32 Å². The Hall–Kier alpha value is -2.86. The molecule has 134 valence electrons. The maximum absolute atomic E-state index is 6.16. The molecule has 6 nitrogen and oxygen atoms in total. The van der Waals surface area contributed by atoms with Crippen molar-refractivity contribution < 1.29 is 4.74 Å². The molecule has 0 amide bonds. The fourth-order valence-electron chi connectivity index (χ4n) is 2.51. The van der Waals surface area contributed by atoms with Crippen LogP contribution in [-0.2, 0) is 19.7 Å². The molecule has 0 aliphatic heterocycles. The average molecular weight is 370 g/mol. The van der Waals surface area contributed by atoms with Crippen molar-refractivity contribution in [2.45, 2.75) is 26.6 Å². The molecule has 0 bridgehead atoms. The van der Waals surface area contributed by atoms with E-state index in [1.807, 2.05) is 30.3 Å². The van der Waals surface area contributed by atoms with Gasteiger partial charge in [-0.1, -0.05) is 47.0 Å². The minimum atomic E-state index is 0.487. The second kappa shape index (κ2) is 8.49. The lowest BCUT2D eigenvalue weighted by Gasteiger charge is -2.14. The molecular weight excluding hydrogens is 350 g/mol. The zero-order chi connectivity index (χ0) is 18.4. The molecule has 7 heteroatoms. The van der Waals surface area contributed by atoms with Gasteiger partial charge in [0.15, 0.2) is 0 Å². The van der Waals surface area contributed by atoms with E-state index in [1.54, 1.807) is 10.8 Å². The minimum absolute atomic E-state index is 0.487. The van der Waals surface area contributed by atoms with Crippen molar-refractivity contribution in [3.8, 4) is 5.75 Å². The van der Waals surface area contributed by atoms with Crippen molar-refractivity contribution in [3.63, 3.8) is 0 Å². The predicted molar refractivity (Wildman–Crippen MR) is 102 cm³/mol. The van der Waals surface area contributed by atoms with E-state index in [0.29, 0.717) is 30.7 Å². The van der Waals surface area contributed by atoms with Crippen LogP contribution in [0.25, 0.3) is 0 Å². The normalized spacial score (nSPS) is 10.5. The van der Waals surface area contributed by atoms with Crippen molar-refractivity contribution >= 4 is 17.5 Å². The lowest BCUT2D eigenvalue weighted by Crippen LogP contribution is -2.09. The molecule has 1 aromatic heterocycles. The summed E-state index contributed by atoms with van der Waals surface area (Å²) in [4.78, 5) is 0. The number of hydrogen-bond donors (Lipinski definition) is 1. The van der Waals surface area contributed by atoms with Gasteiger partial charge in [-0.05, 0) is 46.7 Å². The molecule has 0 unspecified atom stereocenters. The molecule has 26 heavy (non-hydrogen) atoms. The number of allylic oxidation sites excluding steroid dienone is 1. The molecule has 0 aliphatic carbocycles. The van der Waals surface area contributed by atoms with Gasteiger partial charge in [0.2, 0.25) is 5.95 Å². The monoisotopic (exact) mass is 369 g/mol. The molecule has 0 saturated carbocycles. The van der Waals surface area contributed by atoms with Gasteiger partial charge in [-0.3, -0.25) is 0 Å². The number of anilines is 1. The van der Waals surface area contributed by atoms with Crippen molar-refractivity contribution in [1.29, 1.82) is 0 Å². The highest BCUT2D eigenvalue weighted by Crippen LogP contribution is 2.25. The molecule has 2 aromatic carbocycles. The summed E-state index contributed by atoms with van der Waals surface area (Å²) in [5, 5.41) is 15.4. The first-order valence-electron chi connectivity index (χ1n) is 8.24. The lowest BCUT2D eigenvalue weighted by molar-refractivity contribution is 0.302. The Balaban J connectivity index is 1.72. The Bertz CT molecular complexity index is 893. The van der Waals surface area contributed by atoms with E-state index in [1.165, 1.54) is 5.56 Å². The molecule has 0 radical (unpaired) electrons. The van der Waals surface area contributed by atoms with Crippen molar-refractivity contribution in [2.24, 2.45) is 0 Å². The van der Waals surface area contributed by atoms with Crippen molar-refractivity contribution in [3.05, 3.63) is 76.8 Å². The van der Waals surface area contributed by atoms with Crippen LogP contribution < -0.4 is 10.1 Å². The summed E-state index contributed by atoms with van der Waals surface area (Å²) < 4.78 is 7.66. The Labute approximate surface area is 157 Å². The van der Waals surface area contributed by atoms with Crippen LogP contribution in [0.15, 0.2) is 55.1 Å². The summed E-state index contributed by atoms with van der Waals surface area (Å²) in [5.74, 6) is 1.34. The molecule has 0 aliphatic rings. The number of halogens is 1. The minimum Gasteiger partial charge on any atom is -0.489 e. The fraction of sp³-hybridized carbons (Fsp3) is 0.211. The van der Waals surface area contributed by atoms with Crippen LogP contribution in [0.5, 0.6) is 5.75 Å². The lowest BCUT2D eigenvalue weighted by atomic mass is 10.1. The Kier molecular flexibility index (Phi) is 5.86. The van der Waals surface area contributed by atoms with Gasteiger partial charge in [0, 0.05) is 17.1 Å². The van der Waals surface area contributed by atoms with E-state index < -0.39 is 0 Å². The van der Waals surface area contributed by atoms with Gasteiger partial charge in [-0.15, -0.1) is 6.58 Å². The third-order valence-electron chi connectivity index (χ3n) is 3.94. The third kappa shape index (κ3) is 4.40. The van der Waals surface area contributed by atoms with Crippen LogP contribution in [0, 0.1) is 6.92 Å². The summed E-state index contributed by atoms with van der Waals surface area (Å²) in [7, 11) is 0. The molecule has 0 fully saturated rings. The van der Waals surface area contributed by atoms with Crippen LogP contribution in [0.1, 0.15) is 16.7 Å². The molecular formula is C19H20ClN5O. The Morgan fingerprint density at radius 3 is 2.88 bits per heavy atom. The number of rotatable bonds is 8. The zero-order valence-electron chi connectivity index (χ0n) is 14.5. The van der Waals surface area contributed by atoms with E-state index in [9.17, 15) is 0 Å². The number of ether oxygens (including phenoxy) is 1. The molecule has 0 saturated heterocycles. The predicted octanol–water partition coefficient (Wildman–Crippen LogP) is 4.01. The van der Waals surface area contributed by atoms with Gasteiger partial charge >= 0.3 is 0 Å². The van der Waals surface area contributed by atoms with E-state index in [4.69, 9.17) is 16.3 Å². The first-order chi connectivity index (χ1) is 12.7. The second-order valence-electron chi connectivity index (χ2n) is 5.79. The molecule has 0 atom stereocenters. The molecule has 3 aromatic rings. The topological polar surface area (TPSA) is 64.9 Å². The third-order valence-corrected chi connectivity index (χ3v) is 4.17. The molecule has 1 N–H and O–H groups in total. The first-order valence-corrected chi connectivity index (χ1v) is 8.62.